The number of hydrazone groups is 1. The Kier molecular flexibility index (Phi) is 3.49. The molecule has 0 unspecified atom stereocenters. The highest BCUT2D eigenvalue weighted by Gasteiger charge is 2.03. The van der Waals surface area contributed by atoms with Gasteiger partial charge in [-0.15, -0.1) is 10.2 Å². The Balaban J connectivity index is 2.95. The van der Waals surface area contributed by atoms with Crippen LogP contribution in [0.2, 0.25) is 0 Å². The molecule has 17 heavy (non-hydrogen) atoms. The third kappa shape index (κ3) is 3.09. The molecule has 0 spiro atoms. The van der Waals surface area contributed by atoms with E-state index in [9.17, 15) is 24.6 Å². The first-order valence-corrected chi connectivity index (χ1v) is 4.12. The monoisotopic (exact) mass is 239 g/mol. The van der Waals surface area contributed by atoms with Crippen LogP contribution in [0.1, 0.15) is 5.69 Å². The van der Waals surface area contributed by atoms with Gasteiger partial charge in [-0.3, -0.25) is 9.78 Å². The largest absolute Gasteiger partial charge is 0.543 e. The molecule has 0 aliphatic carbocycles. The molecule has 1 aromatic rings. The molecule has 0 bridgehead atoms. The summed E-state index contributed by atoms with van der Waals surface area (Å²) in [6, 6.07) is 0. The number of nitrogens with one attached hydrogen (secondary N) is 2. The maximum Gasteiger partial charge on any atom is 0.274 e. The van der Waals surface area contributed by atoms with Gasteiger partial charge in [0, 0.05) is 0 Å². The maximum absolute atomic E-state index is 11.0. The molecule has 0 saturated heterocycles. The SMILES string of the molecule is Cc1nnc(NN=C(C(=O)[O-])C(=O)[O-])[nH]c1=O. The molecule has 0 atom stereocenters. The van der Waals surface area contributed by atoms with E-state index < -0.39 is 23.2 Å². The van der Waals surface area contributed by atoms with Crippen molar-refractivity contribution in [3.05, 3.63) is 16.0 Å². The summed E-state index contributed by atoms with van der Waals surface area (Å²) >= 11 is 0. The van der Waals surface area contributed by atoms with Gasteiger partial charge in [0.15, 0.2) is 0 Å². The first-order chi connectivity index (χ1) is 7.91. The van der Waals surface area contributed by atoms with Crippen molar-refractivity contribution >= 4 is 23.6 Å². The molecule has 0 aliphatic rings. The zero-order valence-corrected chi connectivity index (χ0v) is 8.38. The summed E-state index contributed by atoms with van der Waals surface area (Å²) in [6.45, 7) is 1.40. The second-order valence-electron chi connectivity index (χ2n) is 2.74. The van der Waals surface area contributed by atoms with E-state index in [-0.39, 0.29) is 11.6 Å². The average Bonchev–Trinajstić information content (AvgIpc) is 2.22. The lowest BCUT2D eigenvalue weighted by Crippen LogP contribution is -2.44. The van der Waals surface area contributed by atoms with Gasteiger partial charge >= 0.3 is 0 Å². The number of carboxylic acid groups (broad SMARTS) is 2. The number of rotatable bonds is 4. The van der Waals surface area contributed by atoms with Gasteiger partial charge in [0.05, 0.1) is 11.9 Å². The molecule has 0 radical (unpaired) electrons. The van der Waals surface area contributed by atoms with Gasteiger partial charge in [-0.2, -0.15) is 5.10 Å². The van der Waals surface area contributed by atoms with E-state index in [0.717, 1.165) is 0 Å². The van der Waals surface area contributed by atoms with E-state index in [1.807, 2.05) is 5.43 Å². The molecule has 1 rings (SSSR count). The highest BCUT2D eigenvalue weighted by molar-refractivity contribution is 6.60. The molecule has 1 heterocycles. The molecule has 0 aliphatic heterocycles. The van der Waals surface area contributed by atoms with Gasteiger partial charge in [0.25, 0.3) is 5.56 Å². The fourth-order valence-corrected chi connectivity index (χ4v) is 0.727. The van der Waals surface area contributed by atoms with Gasteiger partial charge < -0.3 is 19.8 Å². The Hall–Kier alpha value is -2.78. The smallest absolute Gasteiger partial charge is 0.274 e. The van der Waals surface area contributed by atoms with E-state index in [4.69, 9.17) is 0 Å². The Labute approximate surface area is 93.0 Å². The highest BCUT2D eigenvalue weighted by atomic mass is 16.4. The van der Waals surface area contributed by atoms with Crippen molar-refractivity contribution in [2.45, 2.75) is 6.92 Å². The minimum atomic E-state index is -2.04. The summed E-state index contributed by atoms with van der Waals surface area (Å²) < 4.78 is 0. The molecular weight excluding hydrogens is 234 g/mol. The summed E-state index contributed by atoms with van der Waals surface area (Å²) in [6.07, 6.45) is 0. The third-order valence-corrected chi connectivity index (χ3v) is 1.52. The van der Waals surface area contributed by atoms with Crippen LogP contribution >= 0.6 is 0 Å². The van der Waals surface area contributed by atoms with E-state index in [1.165, 1.54) is 6.92 Å². The van der Waals surface area contributed by atoms with Gasteiger partial charge in [0.2, 0.25) is 5.95 Å². The van der Waals surface area contributed by atoms with Crippen LogP contribution in [0.3, 0.4) is 0 Å². The molecule has 0 saturated carbocycles. The van der Waals surface area contributed by atoms with Crippen molar-refractivity contribution in [3.63, 3.8) is 0 Å². The van der Waals surface area contributed by atoms with Gasteiger partial charge in [-0.05, 0) is 6.92 Å². The van der Waals surface area contributed by atoms with Crippen molar-refractivity contribution in [2.24, 2.45) is 5.10 Å². The van der Waals surface area contributed by atoms with Crippen LogP contribution in [-0.2, 0) is 9.59 Å². The predicted molar refractivity (Wildman–Crippen MR) is 48.5 cm³/mol. The third-order valence-electron chi connectivity index (χ3n) is 1.52. The lowest BCUT2D eigenvalue weighted by atomic mass is 10.4. The minimum Gasteiger partial charge on any atom is -0.543 e. The molecule has 0 fully saturated rings. The Bertz CT molecular complexity index is 532. The lowest BCUT2D eigenvalue weighted by Gasteiger charge is -2.07. The van der Waals surface area contributed by atoms with E-state index >= 15 is 0 Å². The number of H-pyrrole nitrogens is 1. The predicted octanol–water partition coefficient (Wildman–Crippen LogP) is -4.26. The van der Waals surface area contributed by atoms with Gasteiger partial charge in [-0.25, -0.2) is 5.43 Å². The number of nitrogens with zero attached hydrogens (tertiary/aromatic N) is 3. The fraction of sp³-hybridized carbons (Fsp3) is 0.143. The molecular formula is C7H5N5O5-2. The standard InChI is InChI=1S/C7H7N5O5/c1-2-4(13)8-7(11-9-2)12-10-3(5(14)15)6(16)17/h1H3,(H,14,15)(H,16,17)(H2,8,11,12,13)/p-2. The summed E-state index contributed by atoms with van der Waals surface area (Å²) in [5, 5.41) is 30.3. The summed E-state index contributed by atoms with van der Waals surface area (Å²) in [4.78, 5) is 33.7. The number of aryl methyl sites for hydroxylation is 1. The molecule has 10 nitrogen and oxygen atoms in total. The number of carbonyl (C=O) groups excluding carboxylic acids is 2. The van der Waals surface area contributed by atoms with Crippen molar-refractivity contribution in [3.8, 4) is 0 Å². The van der Waals surface area contributed by atoms with Crippen molar-refractivity contribution in [1.82, 2.24) is 15.2 Å². The number of hydrogen-bond donors (Lipinski definition) is 2. The Morgan fingerprint density at radius 1 is 1.29 bits per heavy atom. The maximum atomic E-state index is 11.0. The van der Waals surface area contributed by atoms with E-state index in [1.54, 1.807) is 0 Å². The van der Waals surface area contributed by atoms with Crippen LogP contribution < -0.4 is 21.2 Å². The fourth-order valence-electron chi connectivity index (χ4n) is 0.727. The summed E-state index contributed by atoms with van der Waals surface area (Å²) in [5.74, 6) is -4.40. The summed E-state index contributed by atoms with van der Waals surface area (Å²) in [5.41, 5.74) is 0.0259. The number of aliphatic carboxylic acids is 2. The number of carboxylic acids is 2. The zero-order chi connectivity index (χ0) is 13.0. The number of carbonyl (C=O) groups is 2. The first kappa shape index (κ1) is 12.3. The number of aromatic amines is 1. The van der Waals surface area contributed by atoms with Crippen LogP contribution in [0.4, 0.5) is 5.95 Å². The number of hydrogen-bond acceptors (Lipinski definition) is 9. The minimum absolute atomic E-state index is 0.0829. The molecule has 10 heteroatoms. The first-order valence-electron chi connectivity index (χ1n) is 4.12. The van der Waals surface area contributed by atoms with Crippen LogP contribution in [0, 0.1) is 6.92 Å². The topological polar surface area (TPSA) is 163 Å². The Morgan fingerprint density at radius 3 is 2.35 bits per heavy atom. The zero-order valence-electron chi connectivity index (χ0n) is 8.38. The van der Waals surface area contributed by atoms with Crippen LogP contribution in [0.5, 0.6) is 0 Å². The number of aromatic nitrogens is 3. The molecule has 1 aromatic heterocycles. The molecule has 0 amide bonds. The van der Waals surface area contributed by atoms with Gasteiger partial charge in [-0.1, -0.05) is 0 Å². The van der Waals surface area contributed by atoms with Crippen molar-refractivity contribution in [1.29, 1.82) is 0 Å². The summed E-state index contributed by atoms with van der Waals surface area (Å²) in [7, 11) is 0. The van der Waals surface area contributed by atoms with E-state index in [0.29, 0.717) is 0 Å². The quantitative estimate of drug-likeness (QED) is 0.303. The van der Waals surface area contributed by atoms with E-state index in [2.05, 4.69) is 20.3 Å². The second kappa shape index (κ2) is 4.83. The second-order valence-corrected chi connectivity index (χ2v) is 2.74. The Morgan fingerprint density at radius 2 is 1.88 bits per heavy atom. The van der Waals surface area contributed by atoms with Crippen molar-refractivity contribution < 1.29 is 19.8 Å². The number of anilines is 1. The van der Waals surface area contributed by atoms with Crippen LogP contribution in [0.15, 0.2) is 9.90 Å². The molecule has 0 aromatic carbocycles. The van der Waals surface area contributed by atoms with Crippen molar-refractivity contribution in [2.75, 3.05) is 5.43 Å². The highest BCUT2D eigenvalue weighted by Crippen LogP contribution is 1.91. The van der Waals surface area contributed by atoms with Crippen LogP contribution in [-0.4, -0.2) is 32.8 Å². The molecule has 2 N–H and O–H groups in total. The normalized spacial score (nSPS) is 9.47. The average molecular weight is 239 g/mol. The lowest BCUT2D eigenvalue weighted by molar-refractivity contribution is -0.303. The molecule has 90 valence electrons. The van der Waals surface area contributed by atoms with Crippen LogP contribution in [0.25, 0.3) is 0 Å². The van der Waals surface area contributed by atoms with Gasteiger partial charge in [0.1, 0.15) is 11.4 Å².